The van der Waals surface area contributed by atoms with Crippen LogP contribution in [0.3, 0.4) is 0 Å². The molecule has 188 valence electrons. The second-order valence-electron chi connectivity index (χ2n) is 8.58. The van der Waals surface area contributed by atoms with Crippen molar-refractivity contribution in [3.63, 3.8) is 0 Å². The standard InChI is InChI=1S/C25H28Cl2FN3O4/c26-22-6-3-19(15-23(22)27)25(33)31-11-14-35-21(17-31)16-30(8-7-29-9-12-34-13-10-29)24(32)18-1-4-20(28)5-2-18/h1-6,15,21H,7-14,16-17H2/t21-/m1/s1. The molecule has 2 aromatic carbocycles. The minimum atomic E-state index is -0.395. The van der Waals surface area contributed by atoms with Crippen LogP contribution < -0.4 is 0 Å². The number of nitrogens with zero attached hydrogens (tertiary/aromatic N) is 3. The van der Waals surface area contributed by atoms with E-state index in [9.17, 15) is 14.0 Å². The van der Waals surface area contributed by atoms with Crippen LogP contribution in [0.5, 0.6) is 0 Å². The summed E-state index contributed by atoms with van der Waals surface area (Å²) in [5.41, 5.74) is 0.861. The van der Waals surface area contributed by atoms with Crippen molar-refractivity contribution in [2.45, 2.75) is 6.10 Å². The number of benzene rings is 2. The fourth-order valence-corrected chi connectivity index (χ4v) is 4.51. The minimum Gasteiger partial charge on any atom is -0.379 e. The van der Waals surface area contributed by atoms with Crippen LogP contribution in [0.1, 0.15) is 20.7 Å². The molecule has 0 spiro atoms. The molecule has 1 atom stereocenters. The first-order valence-electron chi connectivity index (χ1n) is 11.6. The number of halogens is 3. The van der Waals surface area contributed by atoms with Crippen molar-refractivity contribution in [3.05, 3.63) is 69.5 Å². The average molecular weight is 524 g/mol. The first-order chi connectivity index (χ1) is 16.9. The molecule has 2 aromatic rings. The number of carbonyl (C=O) groups is 2. The van der Waals surface area contributed by atoms with Crippen LogP contribution in [0.15, 0.2) is 42.5 Å². The molecule has 10 heteroatoms. The lowest BCUT2D eigenvalue weighted by molar-refractivity contribution is -0.0346. The summed E-state index contributed by atoms with van der Waals surface area (Å²) in [6.07, 6.45) is -0.357. The molecule has 0 aromatic heterocycles. The van der Waals surface area contributed by atoms with E-state index in [1.54, 1.807) is 28.0 Å². The van der Waals surface area contributed by atoms with Gasteiger partial charge in [0.2, 0.25) is 0 Å². The topological polar surface area (TPSA) is 62.3 Å². The molecule has 0 unspecified atom stereocenters. The Balaban J connectivity index is 1.44. The Morgan fingerprint density at radius 3 is 2.40 bits per heavy atom. The lowest BCUT2D eigenvalue weighted by Crippen LogP contribution is -2.52. The van der Waals surface area contributed by atoms with Gasteiger partial charge < -0.3 is 19.3 Å². The van der Waals surface area contributed by atoms with Crippen LogP contribution in [0.4, 0.5) is 4.39 Å². The van der Waals surface area contributed by atoms with Crippen molar-refractivity contribution in [3.8, 4) is 0 Å². The molecule has 0 aliphatic carbocycles. The van der Waals surface area contributed by atoms with Gasteiger partial charge in [-0.05, 0) is 42.5 Å². The van der Waals surface area contributed by atoms with Gasteiger partial charge in [-0.15, -0.1) is 0 Å². The molecular formula is C25H28Cl2FN3O4. The zero-order chi connectivity index (χ0) is 24.8. The van der Waals surface area contributed by atoms with Gasteiger partial charge in [0, 0.05) is 56.9 Å². The van der Waals surface area contributed by atoms with Crippen molar-refractivity contribution in [1.29, 1.82) is 0 Å². The van der Waals surface area contributed by atoms with E-state index >= 15 is 0 Å². The average Bonchev–Trinajstić information content (AvgIpc) is 2.88. The van der Waals surface area contributed by atoms with E-state index in [1.165, 1.54) is 24.3 Å². The third-order valence-electron chi connectivity index (χ3n) is 6.18. The Morgan fingerprint density at radius 2 is 1.69 bits per heavy atom. The summed E-state index contributed by atoms with van der Waals surface area (Å²) in [5, 5.41) is 0.708. The van der Waals surface area contributed by atoms with Gasteiger partial charge in [-0.25, -0.2) is 4.39 Å². The summed E-state index contributed by atoms with van der Waals surface area (Å²) < 4.78 is 24.7. The van der Waals surface area contributed by atoms with Gasteiger partial charge in [-0.1, -0.05) is 23.2 Å². The van der Waals surface area contributed by atoms with Crippen molar-refractivity contribution < 1.29 is 23.5 Å². The van der Waals surface area contributed by atoms with E-state index in [0.717, 1.165) is 13.1 Å². The number of ether oxygens (including phenoxy) is 2. The molecule has 0 bridgehead atoms. The molecule has 7 nitrogen and oxygen atoms in total. The molecule has 2 fully saturated rings. The monoisotopic (exact) mass is 523 g/mol. The number of amides is 2. The van der Waals surface area contributed by atoms with Gasteiger partial charge >= 0.3 is 0 Å². The number of hydrogen-bond acceptors (Lipinski definition) is 5. The summed E-state index contributed by atoms with van der Waals surface area (Å²) in [6.45, 7) is 5.58. The van der Waals surface area contributed by atoms with Gasteiger partial charge in [-0.3, -0.25) is 14.5 Å². The predicted octanol–water partition coefficient (Wildman–Crippen LogP) is 3.45. The van der Waals surface area contributed by atoms with E-state index in [0.29, 0.717) is 73.7 Å². The second-order valence-corrected chi connectivity index (χ2v) is 9.40. The zero-order valence-electron chi connectivity index (χ0n) is 19.3. The fourth-order valence-electron chi connectivity index (χ4n) is 4.21. The van der Waals surface area contributed by atoms with Gasteiger partial charge in [0.25, 0.3) is 11.8 Å². The highest BCUT2D eigenvalue weighted by molar-refractivity contribution is 6.42. The van der Waals surface area contributed by atoms with Gasteiger partial charge in [-0.2, -0.15) is 0 Å². The van der Waals surface area contributed by atoms with Crippen molar-refractivity contribution in [2.24, 2.45) is 0 Å². The van der Waals surface area contributed by atoms with Crippen LogP contribution in [-0.2, 0) is 9.47 Å². The molecule has 2 aliphatic rings. The van der Waals surface area contributed by atoms with Gasteiger partial charge in [0.1, 0.15) is 5.82 Å². The Kier molecular flexibility index (Phi) is 8.97. The van der Waals surface area contributed by atoms with Crippen LogP contribution in [0.2, 0.25) is 10.0 Å². The molecular weight excluding hydrogens is 496 g/mol. The third kappa shape index (κ3) is 6.92. The Morgan fingerprint density at radius 1 is 0.971 bits per heavy atom. The lowest BCUT2D eigenvalue weighted by Gasteiger charge is -2.37. The van der Waals surface area contributed by atoms with Crippen LogP contribution in [-0.4, -0.2) is 98.3 Å². The summed E-state index contributed by atoms with van der Waals surface area (Å²) in [7, 11) is 0. The summed E-state index contributed by atoms with van der Waals surface area (Å²) in [6, 6.07) is 10.3. The van der Waals surface area contributed by atoms with E-state index in [2.05, 4.69) is 4.90 Å². The van der Waals surface area contributed by atoms with Gasteiger partial charge in [0.05, 0.1) is 36.0 Å². The SMILES string of the molecule is O=C(c1ccc(Cl)c(Cl)c1)N1CCO[C@H](CN(CCN2CCOCC2)C(=O)c2ccc(F)cc2)C1. The molecule has 2 amide bonds. The highest BCUT2D eigenvalue weighted by atomic mass is 35.5. The van der Waals surface area contributed by atoms with E-state index in [-0.39, 0.29) is 17.9 Å². The largest absolute Gasteiger partial charge is 0.379 e. The third-order valence-corrected chi connectivity index (χ3v) is 6.92. The van der Waals surface area contributed by atoms with Crippen molar-refractivity contribution in [2.75, 3.05) is 65.6 Å². The van der Waals surface area contributed by atoms with Crippen LogP contribution in [0, 0.1) is 5.82 Å². The highest BCUT2D eigenvalue weighted by Gasteiger charge is 2.29. The number of morpholine rings is 2. The maximum Gasteiger partial charge on any atom is 0.254 e. The summed E-state index contributed by atoms with van der Waals surface area (Å²) >= 11 is 12.1. The lowest BCUT2D eigenvalue weighted by atomic mass is 10.1. The number of carbonyl (C=O) groups excluding carboxylic acids is 2. The van der Waals surface area contributed by atoms with Gasteiger partial charge in [0.15, 0.2) is 0 Å². The summed E-state index contributed by atoms with van der Waals surface area (Å²) in [5.74, 6) is -0.759. The Bertz CT molecular complexity index is 1030. The fraction of sp³-hybridized carbons (Fsp3) is 0.440. The molecule has 2 heterocycles. The zero-order valence-corrected chi connectivity index (χ0v) is 20.8. The molecule has 2 saturated heterocycles. The molecule has 0 N–H and O–H groups in total. The smallest absolute Gasteiger partial charge is 0.254 e. The molecule has 0 radical (unpaired) electrons. The quantitative estimate of drug-likeness (QED) is 0.556. The number of hydrogen-bond donors (Lipinski definition) is 0. The molecule has 4 rings (SSSR count). The van der Waals surface area contributed by atoms with Crippen molar-refractivity contribution >= 4 is 35.0 Å². The first-order valence-corrected chi connectivity index (χ1v) is 12.4. The molecule has 2 aliphatic heterocycles. The van der Waals surface area contributed by atoms with E-state index in [1.807, 2.05) is 0 Å². The Labute approximate surface area is 214 Å². The van der Waals surface area contributed by atoms with Crippen molar-refractivity contribution in [1.82, 2.24) is 14.7 Å². The number of rotatable bonds is 7. The minimum absolute atomic E-state index is 0.165. The Hall–Kier alpha value is -2.23. The second kappa shape index (κ2) is 12.1. The predicted molar refractivity (Wildman–Crippen MR) is 132 cm³/mol. The van der Waals surface area contributed by atoms with E-state index in [4.69, 9.17) is 32.7 Å². The molecule has 35 heavy (non-hydrogen) atoms. The maximum atomic E-state index is 13.4. The molecule has 0 saturated carbocycles. The van der Waals surface area contributed by atoms with Crippen LogP contribution >= 0.6 is 23.2 Å². The summed E-state index contributed by atoms with van der Waals surface area (Å²) in [4.78, 5) is 32.0. The highest BCUT2D eigenvalue weighted by Crippen LogP contribution is 2.24. The normalized spacial score (nSPS) is 18.9. The van der Waals surface area contributed by atoms with E-state index < -0.39 is 5.82 Å². The first kappa shape index (κ1) is 25.9. The maximum absolute atomic E-state index is 13.4. The van der Waals surface area contributed by atoms with Crippen LogP contribution in [0.25, 0.3) is 0 Å².